The molecule has 1 saturated heterocycles. The number of likely N-dealkylation sites (tertiary alicyclic amines) is 1. The summed E-state index contributed by atoms with van der Waals surface area (Å²) >= 11 is 0. The van der Waals surface area contributed by atoms with Crippen LogP contribution in [0.2, 0.25) is 0 Å². The smallest absolute Gasteiger partial charge is 0.257 e. The fourth-order valence-corrected chi connectivity index (χ4v) is 2.47. The van der Waals surface area contributed by atoms with Gasteiger partial charge in [-0.25, -0.2) is 0 Å². The number of hydrogen-bond donors (Lipinski definition) is 0. The van der Waals surface area contributed by atoms with Crippen molar-refractivity contribution in [1.82, 2.24) is 4.90 Å². The molecule has 0 N–H and O–H groups in total. The van der Waals surface area contributed by atoms with Gasteiger partial charge < -0.3 is 19.2 Å². The average Bonchev–Trinajstić information content (AvgIpc) is 2.92. The van der Waals surface area contributed by atoms with Crippen molar-refractivity contribution in [3.8, 4) is 0 Å². The Morgan fingerprint density at radius 2 is 2.05 bits per heavy atom. The highest BCUT2D eigenvalue weighted by molar-refractivity contribution is 5.97. The normalized spacial score (nSPS) is 19.4. The quantitative estimate of drug-likeness (QED) is 0.815. The van der Waals surface area contributed by atoms with E-state index in [1.165, 1.54) is 4.90 Å². The summed E-state index contributed by atoms with van der Waals surface area (Å²) in [6, 6.07) is 0.900. The molecule has 5 nitrogen and oxygen atoms in total. The van der Waals surface area contributed by atoms with Crippen LogP contribution >= 0.6 is 0 Å². The van der Waals surface area contributed by atoms with E-state index in [9.17, 15) is 14.7 Å². The van der Waals surface area contributed by atoms with Crippen molar-refractivity contribution in [2.45, 2.75) is 52.0 Å². The summed E-state index contributed by atoms with van der Waals surface area (Å²) in [6.45, 7) is 8.18. The van der Waals surface area contributed by atoms with Gasteiger partial charge in [-0.2, -0.15) is 0 Å². The van der Waals surface area contributed by atoms with E-state index in [1.54, 1.807) is 13.0 Å². The number of carboxylic acids is 1. The molecule has 1 amide bonds. The van der Waals surface area contributed by atoms with Crippen molar-refractivity contribution in [2.75, 3.05) is 6.54 Å². The standard InChI is InChI=1S/C15H21NO4/c1-9-10(8-12(20-9)15(2,3)4)13(17)16-7-5-6-11(16)14(18)19/h8,11H,5-7H2,1-4H3,(H,18,19)/p-1. The van der Waals surface area contributed by atoms with Crippen LogP contribution in [-0.4, -0.2) is 29.4 Å². The van der Waals surface area contributed by atoms with Gasteiger partial charge in [0.25, 0.3) is 5.91 Å². The molecular formula is C15H20NO4-. The fraction of sp³-hybridized carbons (Fsp3) is 0.600. The van der Waals surface area contributed by atoms with Gasteiger partial charge in [-0.15, -0.1) is 0 Å². The maximum atomic E-state index is 12.5. The molecular weight excluding hydrogens is 258 g/mol. The van der Waals surface area contributed by atoms with E-state index in [2.05, 4.69) is 0 Å². The summed E-state index contributed by atoms with van der Waals surface area (Å²) in [7, 11) is 0. The van der Waals surface area contributed by atoms with Gasteiger partial charge in [0.05, 0.1) is 17.6 Å². The first-order valence-corrected chi connectivity index (χ1v) is 6.84. The molecule has 5 heteroatoms. The highest BCUT2D eigenvalue weighted by Gasteiger charge is 2.33. The van der Waals surface area contributed by atoms with Crippen molar-refractivity contribution >= 4 is 11.9 Å². The van der Waals surface area contributed by atoms with Crippen LogP contribution in [0.5, 0.6) is 0 Å². The number of carbonyl (C=O) groups is 2. The van der Waals surface area contributed by atoms with Crippen LogP contribution in [0.15, 0.2) is 10.5 Å². The Morgan fingerprint density at radius 1 is 1.40 bits per heavy atom. The molecule has 1 aromatic rings. The van der Waals surface area contributed by atoms with E-state index in [0.717, 1.165) is 5.76 Å². The summed E-state index contributed by atoms with van der Waals surface area (Å²) in [5, 5.41) is 11.1. The molecule has 0 radical (unpaired) electrons. The third-order valence-electron chi connectivity index (χ3n) is 3.67. The topological polar surface area (TPSA) is 73.6 Å². The van der Waals surface area contributed by atoms with Crippen molar-refractivity contribution in [3.63, 3.8) is 0 Å². The number of carbonyl (C=O) groups excluding carboxylic acids is 2. The Bertz CT molecular complexity index is 539. The average molecular weight is 278 g/mol. The van der Waals surface area contributed by atoms with Gasteiger partial charge in [0.1, 0.15) is 11.5 Å². The Hall–Kier alpha value is -1.78. The monoisotopic (exact) mass is 278 g/mol. The van der Waals surface area contributed by atoms with Gasteiger partial charge in [0.15, 0.2) is 0 Å². The molecule has 0 aromatic carbocycles. The second-order valence-electron chi connectivity index (χ2n) is 6.31. The molecule has 0 aliphatic carbocycles. The summed E-state index contributed by atoms with van der Waals surface area (Å²) in [5.41, 5.74) is 0.255. The van der Waals surface area contributed by atoms with Crippen molar-refractivity contribution in [2.24, 2.45) is 0 Å². The molecule has 1 unspecified atom stereocenters. The van der Waals surface area contributed by atoms with Crippen LogP contribution in [-0.2, 0) is 10.2 Å². The Labute approximate surface area is 118 Å². The van der Waals surface area contributed by atoms with Crippen LogP contribution < -0.4 is 5.11 Å². The molecule has 0 bridgehead atoms. The zero-order chi connectivity index (χ0) is 15.1. The second kappa shape index (κ2) is 4.96. The zero-order valence-corrected chi connectivity index (χ0v) is 12.4. The van der Waals surface area contributed by atoms with Crippen molar-refractivity contribution in [3.05, 3.63) is 23.2 Å². The first-order valence-electron chi connectivity index (χ1n) is 6.84. The number of nitrogens with zero attached hydrogens (tertiary/aromatic N) is 1. The molecule has 2 rings (SSSR count). The van der Waals surface area contributed by atoms with Gasteiger partial charge in [-0.05, 0) is 25.8 Å². The summed E-state index contributed by atoms with van der Waals surface area (Å²) in [5.74, 6) is -0.215. The summed E-state index contributed by atoms with van der Waals surface area (Å²) in [4.78, 5) is 24.9. The van der Waals surface area contributed by atoms with Crippen LogP contribution in [0.4, 0.5) is 0 Å². The van der Waals surface area contributed by atoms with E-state index in [4.69, 9.17) is 4.42 Å². The molecule has 20 heavy (non-hydrogen) atoms. The van der Waals surface area contributed by atoms with Crippen LogP contribution in [0.1, 0.15) is 55.5 Å². The number of hydrogen-bond acceptors (Lipinski definition) is 4. The van der Waals surface area contributed by atoms with Crippen LogP contribution in [0.3, 0.4) is 0 Å². The molecule has 1 atom stereocenters. The minimum atomic E-state index is -1.19. The number of aryl methyl sites for hydroxylation is 1. The highest BCUT2D eigenvalue weighted by atomic mass is 16.4. The number of aliphatic carboxylic acids is 1. The minimum absolute atomic E-state index is 0.192. The SMILES string of the molecule is Cc1oc(C(C)(C)C)cc1C(=O)N1CCCC1C(=O)[O-]. The maximum Gasteiger partial charge on any atom is 0.257 e. The molecule has 0 spiro atoms. The van der Waals surface area contributed by atoms with Gasteiger partial charge >= 0.3 is 0 Å². The molecule has 2 heterocycles. The molecule has 1 aliphatic rings. The Balaban J connectivity index is 2.30. The third-order valence-corrected chi connectivity index (χ3v) is 3.67. The molecule has 1 fully saturated rings. The largest absolute Gasteiger partial charge is 0.548 e. The first-order chi connectivity index (χ1) is 9.21. The first kappa shape index (κ1) is 14.6. The van der Waals surface area contributed by atoms with Gasteiger partial charge in [-0.1, -0.05) is 20.8 Å². The van der Waals surface area contributed by atoms with E-state index < -0.39 is 12.0 Å². The van der Waals surface area contributed by atoms with Crippen LogP contribution in [0, 0.1) is 6.92 Å². The second-order valence-corrected chi connectivity index (χ2v) is 6.31. The lowest BCUT2D eigenvalue weighted by Gasteiger charge is -2.25. The van der Waals surface area contributed by atoms with E-state index in [0.29, 0.717) is 30.7 Å². The van der Waals surface area contributed by atoms with E-state index >= 15 is 0 Å². The van der Waals surface area contributed by atoms with Gasteiger partial charge in [0.2, 0.25) is 0 Å². The third kappa shape index (κ3) is 2.57. The van der Waals surface area contributed by atoms with Crippen LogP contribution in [0.25, 0.3) is 0 Å². The molecule has 1 aromatic heterocycles. The van der Waals surface area contributed by atoms with E-state index in [-0.39, 0.29) is 11.3 Å². The molecule has 0 saturated carbocycles. The minimum Gasteiger partial charge on any atom is -0.548 e. The Kier molecular flexibility index (Phi) is 3.63. The van der Waals surface area contributed by atoms with Crippen molar-refractivity contribution in [1.29, 1.82) is 0 Å². The number of carboxylic acid groups (broad SMARTS) is 1. The molecule has 110 valence electrons. The van der Waals surface area contributed by atoms with Gasteiger partial charge in [0, 0.05) is 12.0 Å². The van der Waals surface area contributed by atoms with Crippen molar-refractivity contribution < 1.29 is 19.1 Å². The number of furan rings is 1. The maximum absolute atomic E-state index is 12.5. The summed E-state index contributed by atoms with van der Waals surface area (Å²) in [6.07, 6.45) is 1.14. The number of amides is 1. The number of rotatable bonds is 2. The zero-order valence-electron chi connectivity index (χ0n) is 12.4. The van der Waals surface area contributed by atoms with Gasteiger partial charge in [-0.3, -0.25) is 4.79 Å². The highest BCUT2D eigenvalue weighted by Crippen LogP contribution is 2.29. The summed E-state index contributed by atoms with van der Waals surface area (Å²) < 4.78 is 5.64. The molecule has 1 aliphatic heterocycles. The lowest BCUT2D eigenvalue weighted by molar-refractivity contribution is -0.310. The van der Waals surface area contributed by atoms with E-state index in [1.807, 2.05) is 20.8 Å². The lowest BCUT2D eigenvalue weighted by atomic mass is 9.93. The lowest BCUT2D eigenvalue weighted by Crippen LogP contribution is -2.47. The Morgan fingerprint density at radius 3 is 2.55 bits per heavy atom. The fourth-order valence-electron chi connectivity index (χ4n) is 2.47. The predicted molar refractivity (Wildman–Crippen MR) is 71.2 cm³/mol. The predicted octanol–water partition coefficient (Wildman–Crippen LogP) is 1.24.